The highest BCUT2D eigenvalue weighted by Gasteiger charge is 2.42. The molecule has 1 aliphatic rings. The number of hydrogen-bond acceptors (Lipinski definition) is 4. The molecule has 5 nitrogen and oxygen atoms in total. The molecule has 1 saturated carbocycles. The number of fused-ring (bicyclic) bond motifs is 1. The van der Waals surface area contributed by atoms with Crippen molar-refractivity contribution >= 4 is 22.7 Å². The maximum atomic E-state index is 13.4. The molecule has 1 aliphatic carbocycles. The van der Waals surface area contributed by atoms with E-state index in [-0.39, 0.29) is 5.91 Å². The van der Waals surface area contributed by atoms with Crippen molar-refractivity contribution in [2.75, 3.05) is 5.32 Å². The number of pyridine rings is 1. The van der Waals surface area contributed by atoms with E-state index in [1.54, 1.807) is 12.4 Å². The normalized spacial score (nSPS) is 15.4. The molecule has 150 valence electrons. The van der Waals surface area contributed by atoms with Crippen LogP contribution in [-0.4, -0.2) is 15.9 Å². The molecular weight excluding hydrogens is 374 g/mol. The highest BCUT2D eigenvalue weighted by molar-refractivity contribution is 6.00. The average Bonchev–Trinajstić information content (AvgIpc) is 3.43. The third-order valence-electron chi connectivity index (χ3n) is 6.05. The van der Waals surface area contributed by atoms with Crippen LogP contribution in [0, 0.1) is 6.92 Å². The summed E-state index contributed by atoms with van der Waals surface area (Å²) in [5.41, 5.74) is 4.79. The van der Waals surface area contributed by atoms with E-state index in [0.717, 1.165) is 42.5 Å². The molecule has 2 heterocycles. The quantitative estimate of drug-likeness (QED) is 0.483. The number of nitrogens with zero attached hydrogens (tertiary/aromatic N) is 2. The van der Waals surface area contributed by atoms with Crippen LogP contribution in [0.1, 0.15) is 36.8 Å². The van der Waals surface area contributed by atoms with Gasteiger partial charge in [0.1, 0.15) is 5.52 Å². The van der Waals surface area contributed by atoms with Gasteiger partial charge < -0.3 is 9.73 Å². The van der Waals surface area contributed by atoms with Crippen LogP contribution < -0.4 is 5.32 Å². The van der Waals surface area contributed by atoms with Gasteiger partial charge in [-0.05, 0) is 55.7 Å². The Morgan fingerprint density at radius 1 is 1.07 bits per heavy atom. The van der Waals surface area contributed by atoms with Crippen LogP contribution in [0.2, 0.25) is 0 Å². The molecule has 1 fully saturated rings. The van der Waals surface area contributed by atoms with Gasteiger partial charge in [-0.25, -0.2) is 4.98 Å². The minimum atomic E-state index is -0.465. The van der Waals surface area contributed by atoms with Crippen molar-refractivity contribution < 1.29 is 9.21 Å². The first kappa shape index (κ1) is 18.6. The Bertz CT molecular complexity index is 1190. The fourth-order valence-electron chi connectivity index (χ4n) is 4.37. The minimum absolute atomic E-state index is 0.0548. The number of amides is 1. The SMILES string of the molecule is Cc1ccc(C2(C(=O)Nc3ccc4oc(-c5cccnc5)nc4c3)CCCC2)cc1. The summed E-state index contributed by atoms with van der Waals surface area (Å²) in [7, 11) is 0. The lowest BCUT2D eigenvalue weighted by Gasteiger charge is -2.28. The summed E-state index contributed by atoms with van der Waals surface area (Å²) in [4.78, 5) is 22.1. The van der Waals surface area contributed by atoms with E-state index in [2.05, 4.69) is 46.5 Å². The van der Waals surface area contributed by atoms with Crippen LogP contribution >= 0.6 is 0 Å². The van der Waals surface area contributed by atoms with Gasteiger partial charge in [0.2, 0.25) is 11.8 Å². The van der Waals surface area contributed by atoms with Crippen molar-refractivity contribution in [1.82, 2.24) is 9.97 Å². The van der Waals surface area contributed by atoms with Crippen molar-refractivity contribution in [3.63, 3.8) is 0 Å². The van der Waals surface area contributed by atoms with Crippen molar-refractivity contribution in [3.05, 3.63) is 78.1 Å². The summed E-state index contributed by atoms with van der Waals surface area (Å²) in [5, 5.41) is 3.15. The topological polar surface area (TPSA) is 68.0 Å². The van der Waals surface area contributed by atoms with Gasteiger partial charge in [0.15, 0.2) is 5.58 Å². The van der Waals surface area contributed by atoms with E-state index >= 15 is 0 Å². The Hall–Kier alpha value is -3.47. The van der Waals surface area contributed by atoms with Crippen LogP contribution in [0.4, 0.5) is 5.69 Å². The average molecular weight is 397 g/mol. The smallest absolute Gasteiger partial charge is 0.235 e. The summed E-state index contributed by atoms with van der Waals surface area (Å²) in [6.45, 7) is 2.07. The highest BCUT2D eigenvalue weighted by atomic mass is 16.3. The molecule has 0 aliphatic heterocycles. The van der Waals surface area contributed by atoms with Gasteiger partial charge >= 0.3 is 0 Å². The molecule has 0 spiro atoms. The Morgan fingerprint density at radius 2 is 1.87 bits per heavy atom. The molecule has 0 bridgehead atoms. The zero-order valence-electron chi connectivity index (χ0n) is 16.9. The lowest BCUT2D eigenvalue weighted by molar-refractivity contribution is -0.121. The second-order valence-electron chi connectivity index (χ2n) is 8.05. The Labute approximate surface area is 175 Å². The maximum absolute atomic E-state index is 13.4. The molecule has 0 atom stereocenters. The van der Waals surface area contributed by atoms with Crippen molar-refractivity contribution in [2.24, 2.45) is 0 Å². The zero-order valence-corrected chi connectivity index (χ0v) is 16.9. The van der Waals surface area contributed by atoms with E-state index in [4.69, 9.17) is 4.42 Å². The highest BCUT2D eigenvalue weighted by Crippen LogP contribution is 2.42. The van der Waals surface area contributed by atoms with E-state index in [9.17, 15) is 4.79 Å². The maximum Gasteiger partial charge on any atom is 0.235 e. The Morgan fingerprint density at radius 3 is 2.60 bits per heavy atom. The van der Waals surface area contributed by atoms with Gasteiger partial charge in [0.05, 0.1) is 11.0 Å². The van der Waals surface area contributed by atoms with Gasteiger partial charge in [-0.2, -0.15) is 0 Å². The number of benzene rings is 2. The van der Waals surface area contributed by atoms with E-state index in [1.165, 1.54) is 5.56 Å². The summed E-state index contributed by atoms with van der Waals surface area (Å²) in [6, 6.07) is 17.7. The second-order valence-corrected chi connectivity index (χ2v) is 8.05. The standard InChI is InChI=1S/C25H23N3O2/c1-17-6-8-19(9-7-17)25(12-2-3-13-25)24(29)27-20-10-11-22-21(15-20)28-23(30-22)18-5-4-14-26-16-18/h4-11,14-16H,2-3,12-13H2,1H3,(H,27,29). The molecule has 5 heteroatoms. The first-order valence-electron chi connectivity index (χ1n) is 10.3. The van der Waals surface area contributed by atoms with E-state index < -0.39 is 5.41 Å². The number of rotatable bonds is 4. The Kier molecular flexibility index (Phi) is 4.58. The molecule has 0 radical (unpaired) electrons. The van der Waals surface area contributed by atoms with Crippen molar-refractivity contribution in [3.8, 4) is 11.5 Å². The summed E-state index contributed by atoms with van der Waals surface area (Å²) in [6.07, 6.45) is 7.32. The largest absolute Gasteiger partial charge is 0.436 e. The van der Waals surface area contributed by atoms with E-state index in [1.807, 2.05) is 30.3 Å². The third-order valence-corrected chi connectivity index (χ3v) is 6.05. The molecule has 30 heavy (non-hydrogen) atoms. The minimum Gasteiger partial charge on any atom is -0.436 e. The predicted octanol–water partition coefficient (Wildman–Crippen LogP) is 5.65. The van der Waals surface area contributed by atoms with Gasteiger partial charge in [-0.15, -0.1) is 0 Å². The summed E-state index contributed by atoms with van der Waals surface area (Å²) < 4.78 is 5.85. The number of aryl methyl sites for hydroxylation is 1. The monoisotopic (exact) mass is 397 g/mol. The molecule has 2 aromatic carbocycles. The number of nitrogens with one attached hydrogen (secondary N) is 1. The first-order valence-corrected chi connectivity index (χ1v) is 10.3. The molecule has 0 unspecified atom stereocenters. The number of hydrogen-bond donors (Lipinski definition) is 1. The third kappa shape index (κ3) is 3.26. The number of oxazole rings is 1. The van der Waals surface area contributed by atoms with Gasteiger partial charge in [0, 0.05) is 18.1 Å². The number of anilines is 1. The van der Waals surface area contributed by atoms with Crippen molar-refractivity contribution in [2.45, 2.75) is 38.0 Å². The number of carbonyl (C=O) groups excluding carboxylic acids is 1. The molecular formula is C25H23N3O2. The van der Waals surface area contributed by atoms with Gasteiger partial charge in [-0.3, -0.25) is 9.78 Å². The van der Waals surface area contributed by atoms with Crippen LogP contribution in [-0.2, 0) is 10.2 Å². The first-order chi connectivity index (χ1) is 14.6. The number of carbonyl (C=O) groups is 1. The molecule has 1 N–H and O–H groups in total. The van der Waals surface area contributed by atoms with Crippen LogP contribution in [0.3, 0.4) is 0 Å². The summed E-state index contributed by atoms with van der Waals surface area (Å²) >= 11 is 0. The number of aromatic nitrogens is 2. The molecule has 5 rings (SSSR count). The lowest BCUT2D eigenvalue weighted by Crippen LogP contribution is -2.38. The van der Waals surface area contributed by atoms with Gasteiger partial charge in [-0.1, -0.05) is 42.7 Å². The fourth-order valence-corrected chi connectivity index (χ4v) is 4.37. The Balaban J connectivity index is 1.44. The van der Waals surface area contributed by atoms with Gasteiger partial charge in [0.25, 0.3) is 0 Å². The zero-order chi connectivity index (χ0) is 20.6. The van der Waals surface area contributed by atoms with Crippen LogP contribution in [0.5, 0.6) is 0 Å². The lowest BCUT2D eigenvalue weighted by atomic mass is 9.77. The fraction of sp³-hybridized carbons (Fsp3) is 0.240. The van der Waals surface area contributed by atoms with Crippen LogP contribution in [0.15, 0.2) is 71.4 Å². The van der Waals surface area contributed by atoms with Crippen molar-refractivity contribution in [1.29, 1.82) is 0 Å². The molecule has 2 aromatic heterocycles. The molecule has 0 saturated heterocycles. The molecule has 1 amide bonds. The van der Waals surface area contributed by atoms with Crippen LogP contribution in [0.25, 0.3) is 22.6 Å². The second kappa shape index (κ2) is 7.41. The predicted molar refractivity (Wildman–Crippen MR) is 117 cm³/mol. The molecule has 4 aromatic rings. The van der Waals surface area contributed by atoms with E-state index in [0.29, 0.717) is 17.0 Å². The summed E-state index contributed by atoms with van der Waals surface area (Å²) in [5.74, 6) is 0.577.